The predicted octanol–water partition coefficient (Wildman–Crippen LogP) is 5.73. The number of rotatable bonds is 5. The highest BCUT2D eigenvalue weighted by Gasteiger charge is 2.48. The van der Waals surface area contributed by atoms with Gasteiger partial charge in [-0.2, -0.15) is 0 Å². The zero-order valence-corrected chi connectivity index (χ0v) is 16.6. The monoisotopic (exact) mass is 395 g/mol. The summed E-state index contributed by atoms with van der Waals surface area (Å²) in [6.07, 6.45) is 8.28. The lowest BCUT2D eigenvalue weighted by atomic mass is 9.51. The number of ether oxygens (including phenoxy) is 2. The van der Waals surface area contributed by atoms with Crippen LogP contribution in [0.1, 0.15) is 60.9 Å². The molecule has 0 saturated heterocycles. The van der Waals surface area contributed by atoms with Crippen LogP contribution in [0.4, 0.5) is 4.39 Å². The van der Waals surface area contributed by atoms with Crippen LogP contribution in [0, 0.1) is 29.5 Å². The molecule has 4 saturated carbocycles. The van der Waals surface area contributed by atoms with Crippen molar-refractivity contribution in [1.82, 2.24) is 4.98 Å². The van der Waals surface area contributed by atoms with Gasteiger partial charge in [-0.15, -0.1) is 0 Å². The van der Waals surface area contributed by atoms with Crippen molar-refractivity contribution >= 4 is 5.97 Å². The summed E-state index contributed by atoms with van der Waals surface area (Å²) in [6, 6.07) is 9.17. The molecule has 152 valence electrons. The first-order chi connectivity index (χ1) is 14.1. The lowest BCUT2D eigenvalue weighted by molar-refractivity contribution is -0.00279. The minimum Gasteiger partial charge on any atom is -0.462 e. The van der Waals surface area contributed by atoms with Gasteiger partial charge >= 0.3 is 5.97 Å². The van der Waals surface area contributed by atoms with Crippen molar-refractivity contribution in [3.05, 3.63) is 53.5 Å². The van der Waals surface area contributed by atoms with E-state index in [9.17, 15) is 9.18 Å². The Morgan fingerprint density at radius 3 is 2.31 bits per heavy atom. The van der Waals surface area contributed by atoms with Gasteiger partial charge in [-0.1, -0.05) is 12.1 Å². The fourth-order valence-electron chi connectivity index (χ4n) is 6.17. The van der Waals surface area contributed by atoms with Crippen molar-refractivity contribution in [2.24, 2.45) is 23.7 Å². The van der Waals surface area contributed by atoms with E-state index in [0.29, 0.717) is 11.7 Å². The van der Waals surface area contributed by atoms with E-state index in [1.807, 2.05) is 12.1 Å². The normalized spacial score (nSPS) is 29.7. The zero-order valence-electron chi connectivity index (χ0n) is 16.6. The van der Waals surface area contributed by atoms with Gasteiger partial charge in [0.15, 0.2) is 5.82 Å². The molecule has 1 aromatic heterocycles. The second-order valence-electron chi connectivity index (χ2n) is 8.86. The molecule has 5 heteroatoms. The van der Waals surface area contributed by atoms with Crippen molar-refractivity contribution in [1.29, 1.82) is 0 Å². The summed E-state index contributed by atoms with van der Waals surface area (Å²) in [5, 5.41) is 0. The molecule has 0 N–H and O–H groups in total. The summed E-state index contributed by atoms with van der Waals surface area (Å²) in [5.41, 5.74) is 1.46. The molecule has 4 fully saturated rings. The van der Waals surface area contributed by atoms with E-state index in [2.05, 4.69) is 17.1 Å². The lowest BCUT2D eigenvalue weighted by Crippen LogP contribution is -2.43. The standard InChI is InChI=1S/C24H26FNO3/c1-2-28-24(27)19-12-21(25)23(26-13-19)29-20-5-3-16(4-6-20)22-17-8-14-7-15(10-17)11-18(22)9-14/h3-6,12-15,17-18,22H,2,7-11H2,1H3/t14-,15+,17-,18+,22?. The maximum absolute atomic E-state index is 14.3. The number of carbonyl (C=O) groups excluding carboxylic acids is 1. The molecule has 4 aliphatic rings. The number of hydrogen-bond acceptors (Lipinski definition) is 4. The van der Waals surface area contributed by atoms with Crippen LogP contribution in [0.3, 0.4) is 0 Å². The lowest BCUT2D eigenvalue weighted by Gasteiger charge is -2.54. The highest BCUT2D eigenvalue weighted by molar-refractivity contribution is 5.89. The number of aromatic nitrogens is 1. The van der Waals surface area contributed by atoms with Gasteiger partial charge in [-0.25, -0.2) is 14.2 Å². The molecule has 6 rings (SSSR count). The van der Waals surface area contributed by atoms with E-state index in [1.165, 1.54) is 43.9 Å². The van der Waals surface area contributed by atoms with E-state index < -0.39 is 11.8 Å². The molecular formula is C24H26FNO3. The average molecular weight is 395 g/mol. The molecule has 0 amide bonds. The van der Waals surface area contributed by atoms with Crippen molar-refractivity contribution in [2.45, 2.75) is 44.9 Å². The van der Waals surface area contributed by atoms with Crippen molar-refractivity contribution in [2.75, 3.05) is 6.61 Å². The van der Waals surface area contributed by atoms with E-state index in [4.69, 9.17) is 9.47 Å². The number of carbonyl (C=O) groups is 1. The van der Waals surface area contributed by atoms with Gasteiger partial charge in [0.1, 0.15) is 5.75 Å². The summed E-state index contributed by atoms with van der Waals surface area (Å²) in [5.74, 6) is 3.38. The third-order valence-electron chi connectivity index (χ3n) is 7.02. The minimum absolute atomic E-state index is 0.0777. The van der Waals surface area contributed by atoms with Crippen LogP contribution in [0.5, 0.6) is 11.6 Å². The molecule has 4 nitrogen and oxygen atoms in total. The van der Waals surface area contributed by atoms with Crippen molar-refractivity contribution in [3.8, 4) is 11.6 Å². The van der Waals surface area contributed by atoms with E-state index in [1.54, 1.807) is 6.92 Å². The van der Waals surface area contributed by atoms with Gasteiger partial charge in [-0.05, 0) is 92.4 Å². The quantitative estimate of drug-likeness (QED) is 0.607. The predicted molar refractivity (Wildman–Crippen MR) is 106 cm³/mol. The fraction of sp³-hybridized carbons (Fsp3) is 0.500. The minimum atomic E-state index is -0.680. The van der Waals surface area contributed by atoms with Crippen LogP contribution >= 0.6 is 0 Å². The molecule has 29 heavy (non-hydrogen) atoms. The number of hydrogen-bond donors (Lipinski definition) is 0. The Balaban J connectivity index is 1.29. The van der Waals surface area contributed by atoms with Crippen LogP contribution in [0.25, 0.3) is 0 Å². The summed E-state index contributed by atoms with van der Waals surface area (Å²) < 4.78 is 24.8. The van der Waals surface area contributed by atoms with Crippen LogP contribution in [0.2, 0.25) is 0 Å². The SMILES string of the molecule is CCOC(=O)c1cnc(Oc2ccc(C3[C@H]4C[C@@H]5C[C@@H](C[C@H]3C5)C4)cc2)c(F)c1. The van der Waals surface area contributed by atoms with Gasteiger partial charge in [0, 0.05) is 6.20 Å². The second-order valence-corrected chi connectivity index (χ2v) is 8.86. The average Bonchev–Trinajstić information content (AvgIpc) is 2.70. The molecule has 0 aliphatic heterocycles. The number of pyridine rings is 1. The fourth-order valence-corrected chi connectivity index (χ4v) is 6.17. The van der Waals surface area contributed by atoms with Gasteiger partial charge < -0.3 is 9.47 Å². The van der Waals surface area contributed by atoms with Crippen LogP contribution in [-0.2, 0) is 4.74 Å². The number of nitrogens with zero attached hydrogens (tertiary/aromatic N) is 1. The Hall–Kier alpha value is -2.43. The first kappa shape index (κ1) is 18.6. The first-order valence-corrected chi connectivity index (χ1v) is 10.7. The highest BCUT2D eigenvalue weighted by Crippen LogP contribution is 2.59. The molecule has 0 atom stereocenters. The molecule has 2 aromatic rings. The van der Waals surface area contributed by atoms with Crippen LogP contribution in [-0.4, -0.2) is 17.6 Å². The highest BCUT2D eigenvalue weighted by atomic mass is 19.1. The Morgan fingerprint density at radius 1 is 1.07 bits per heavy atom. The number of halogens is 1. The molecular weight excluding hydrogens is 369 g/mol. The third kappa shape index (κ3) is 3.52. The Labute approximate surface area is 170 Å². The molecule has 1 heterocycles. The van der Waals surface area contributed by atoms with Gasteiger partial charge in [0.2, 0.25) is 0 Å². The Bertz CT molecular complexity index is 883. The summed E-state index contributed by atoms with van der Waals surface area (Å²) in [4.78, 5) is 15.6. The number of benzene rings is 1. The molecule has 4 aliphatic carbocycles. The number of esters is 1. The molecule has 0 unspecified atom stereocenters. The first-order valence-electron chi connectivity index (χ1n) is 10.7. The topological polar surface area (TPSA) is 48.4 Å². The summed E-state index contributed by atoms with van der Waals surface area (Å²) in [6.45, 7) is 1.93. The smallest absolute Gasteiger partial charge is 0.339 e. The summed E-state index contributed by atoms with van der Waals surface area (Å²) in [7, 11) is 0. The van der Waals surface area contributed by atoms with Gasteiger partial charge in [-0.3, -0.25) is 0 Å². The largest absolute Gasteiger partial charge is 0.462 e. The Morgan fingerprint density at radius 2 is 1.72 bits per heavy atom. The van der Waals surface area contributed by atoms with Crippen LogP contribution in [0.15, 0.2) is 36.5 Å². The molecule has 1 aromatic carbocycles. The second kappa shape index (κ2) is 7.43. The van der Waals surface area contributed by atoms with Crippen molar-refractivity contribution < 1.29 is 18.7 Å². The molecule has 4 bridgehead atoms. The van der Waals surface area contributed by atoms with E-state index in [0.717, 1.165) is 29.7 Å². The molecule has 0 spiro atoms. The maximum atomic E-state index is 14.3. The molecule has 0 radical (unpaired) electrons. The zero-order chi connectivity index (χ0) is 20.0. The van der Waals surface area contributed by atoms with E-state index in [-0.39, 0.29) is 18.1 Å². The third-order valence-corrected chi connectivity index (χ3v) is 7.02. The summed E-state index contributed by atoms with van der Waals surface area (Å²) >= 11 is 0. The van der Waals surface area contributed by atoms with Crippen LogP contribution < -0.4 is 4.74 Å². The maximum Gasteiger partial charge on any atom is 0.339 e. The van der Waals surface area contributed by atoms with Gasteiger partial charge in [0.05, 0.1) is 12.2 Å². The van der Waals surface area contributed by atoms with E-state index >= 15 is 0 Å². The Kier molecular flexibility index (Phi) is 4.76. The van der Waals surface area contributed by atoms with Crippen molar-refractivity contribution in [3.63, 3.8) is 0 Å². The van der Waals surface area contributed by atoms with Gasteiger partial charge in [0.25, 0.3) is 5.88 Å².